The van der Waals surface area contributed by atoms with Gasteiger partial charge in [0.15, 0.2) is 0 Å². The molecule has 96 valence electrons. The summed E-state index contributed by atoms with van der Waals surface area (Å²) >= 11 is 3.41. The number of nitrogens with one attached hydrogen (secondary N) is 1. The van der Waals surface area contributed by atoms with Gasteiger partial charge in [0.2, 0.25) is 0 Å². The monoisotopic (exact) mass is 319 g/mol. The van der Waals surface area contributed by atoms with Crippen molar-refractivity contribution >= 4 is 34.2 Å². The van der Waals surface area contributed by atoms with Crippen LogP contribution >= 0.6 is 28.3 Å². The molecule has 2 heterocycles. The predicted molar refractivity (Wildman–Crippen MR) is 78.0 cm³/mol. The van der Waals surface area contributed by atoms with Crippen molar-refractivity contribution in [2.45, 2.75) is 12.8 Å². The van der Waals surface area contributed by atoms with E-state index in [-0.39, 0.29) is 12.4 Å². The topological polar surface area (TPSA) is 28.2 Å². The summed E-state index contributed by atoms with van der Waals surface area (Å²) in [5, 5.41) is 3.45. The minimum atomic E-state index is 0. The molecule has 5 heteroatoms. The van der Waals surface area contributed by atoms with Crippen molar-refractivity contribution in [2.75, 3.05) is 31.6 Å². The largest absolute Gasteiger partial charge is 0.359 e. The van der Waals surface area contributed by atoms with E-state index in [0.29, 0.717) is 0 Å². The summed E-state index contributed by atoms with van der Waals surface area (Å²) in [5.74, 6) is 1.79. The Balaban J connectivity index is 0.00000144. The van der Waals surface area contributed by atoms with Gasteiger partial charge in [-0.1, -0.05) is 6.07 Å². The fourth-order valence-corrected chi connectivity index (χ4v) is 2.51. The zero-order valence-corrected chi connectivity index (χ0v) is 12.4. The molecule has 3 nitrogen and oxygen atoms in total. The SMILES string of the molecule is CN(CC1CCCNC1)c1cccc(Br)n1.Cl. The van der Waals surface area contributed by atoms with Crippen LogP contribution in [0.15, 0.2) is 22.8 Å². The molecule has 1 N–H and O–H groups in total. The Labute approximate surface area is 118 Å². The number of piperidine rings is 1. The second-order valence-electron chi connectivity index (χ2n) is 4.41. The van der Waals surface area contributed by atoms with E-state index < -0.39 is 0 Å². The average Bonchev–Trinajstić information content (AvgIpc) is 2.30. The number of hydrogen-bond donors (Lipinski definition) is 1. The first-order chi connectivity index (χ1) is 7.75. The van der Waals surface area contributed by atoms with Crippen molar-refractivity contribution in [1.29, 1.82) is 0 Å². The molecule has 0 bridgehead atoms. The lowest BCUT2D eigenvalue weighted by Crippen LogP contribution is -2.37. The zero-order chi connectivity index (χ0) is 11.4. The van der Waals surface area contributed by atoms with Gasteiger partial charge in [-0.25, -0.2) is 4.98 Å². The molecule has 1 saturated heterocycles. The van der Waals surface area contributed by atoms with Crippen LogP contribution in [0.4, 0.5) is 5.82 Å². The summed E-state index contributed by atoms with van der Waals surface area (Å²) in [4.78, 5) is 6.70. The number of nitrogens with zero attached hydrogens (tertiary/aromatic N) is 2. The van der Waals surface area contributed by atoms with E-state index in [0.717, 1.165) is 29.4 Å². The standard InChI is InChI=1S/C12H18BrN3.ClH/c1-16(9-10-4-3-7-14-8-10)12-6-2-5-11(13)15-12;/h2,5-6,10,14H,3-4,7-9H2,1H3;1H. The van der Waals surface area contributed by atoms with E-state index in [1.807, 2.05) is 12.1 Å². The van der Waals surface area contributed by atoms with Crippen LogP contribution < -0.4 is 10.2 Å². The third kappa shape index (κ3) is 4.45. The molecule has 0 spiro atoms. The summed E-state index contributed by atoms with van der Waals surface area (Å²) in [7, 11) is 2.11. The van der Waals surface area contributed by atoms with Gasteiger partial charge < -0.3 is 10.2 Å². The quantitative estimate of drug-likeness (QED) is 0.868. The van der Waals surface area contributed by atoms with E-state index >= 15 is 0 Å². The highest BCUT2D eigenvalue weighted by Gasteiger charge is 2.15. The van der Waals surface area contributed by atoms with Gasteiger partial charge in [0.05, 0.1) is 0 Å². The van der Waals surface area contributed by atoms with Gasteiger partial charge in [-0.2, -0.15) is 0 Å². The lowest BCUT2D eigenvalue weighted by molar-refractivity contribution is 0.380. The second kappa shape index (κ2) is 7.19. The van der Waals surface area contributed by atoms with Crippen molar-refractivity contribution < 1.29 is 0 Å². The first-order valence-corrected chi connectivity index (χ1v) is 6.59. The fraction of sp³-hybridized carbons (Fsp3) is 0.583. The third-order valence-electron chi connectivity index (χ3n) is 3.02. The summed E-state index contributed by atoms with van der Waals surface area (Å²) in [6, 6.07) is 6.04. The van der Waals surface area contributed by atoms with E-state index in [9.17, 15) is 0 Å². The van der Waals surface area contributed by atoms with Gasteiger partial charge in [-0.15, -0.1) is 12.4 Å². The minimum absolute atomic E-state index is 0. The van der Waals surface area contributed by atoms with Crippen molar-refractivity contribution in [3.63, 3.8) is 0 Å². The van der Waals surface area contributed by atoms with Gasteiger partial charge in [-0.05, 0) is 59.9 Å². The Morgan fingerprint density at radius 1 is 1.53 bits per heavy atom. The number of rotatable bonds is 3. The smallest absolute Gasteiger partial charge is 0.129 e. The molecule has 0 amide bonds. The Morgan fingerprint density at radius 3 is 3.00 bits per heavy atom. The van der Waals surface area contributed by atoms with Crippen LogP contribution in [0.25, 0.3) is 0 Å². The summed E-state index contributed by atoms with van der Waals surface area (Å²) in [6.07, 6.45) is 2.62. The van der Waals surface area contributed by atoms with E-state index in [4.69, 9.17) is 0 Å². The number of anilines is 1. The molecule has 0 aromatic carbocycles. The molecule has 1 unspecified atom stereocenters. The molecule has 0 radical (unpaired) electrons. The maximum atomic E-state index is 4.46. The van der Waals surface area contributed by atoms with Crippen LogP contribution in [-0.2, 0) is 0 Å². The molecule has 1 aromatic heterocycles. The lowest BCUT2D eigenvalue weighted by Gasteiger charge is -2.28. The molecule has 2 rings (SSSR count). The van der Waals surface area contributed by atoms with Crippen LogP contribution in [-0.4, -0.2) is 31.7 Å². The van der Waals surface area contributed by atoms with Crippen LogP contribution in [0.3, 0.4) is 0 Å². The first kappa shape index (κ1) is 14.7. The number of aromatic nitrogens is 1. The highest BCUT2D eigenvalue weighted by molar-refractivity contribution is 9.10. The zero-order valence-electron chi connectivity index (χ0n) is 10.0. The van der Waals surface area contributed by atoms with Crippen LogP contribution in [0, 0.1) is 5.92 Å². The summed E-state index contributed by atoms with van der Waals surface area (Å²) in [6.45, 7) is 3.39. The van der Waals surface area contributed by atoms with Gasteiger partial charge in [0.25, 0.3) is 0 Å². The Morgan fingerprint density at radius 2 is 2.35 bits per heavy atom. The molecule has 0 saturated carbocycles. The van der Waals surface area contributed by atoms with E-state index in [2.05, 4.69) is 44.2 Å². The lowest BCUT2D eigenvalue weighted by atomic mass is 9.99. The molecule has 1 aliphatic rings. The Bertz CT molecular complexity index is 342. The predicted octanol–water partition coefficient (Wildman–Crippen LogP) is 2.70. The highest BCUT2D eigenvalue weighted by atomic mass is 79.9. The highest BCUT2D eigenvalue weighted by Crippen LogP contribution is 2.17. The van der Waals surface area contributed by atoms with Crippen molar-refractivity contribution in [2.24, 2.45) is 5.92 Å². The molecule has 1 atom stereocenters. The molecular formula is C12H19BrClN3. The first-order valence-electron chi connectivity index (χ1n) is 5.80. The van der Waals surface area contributed by atoms with Gasteiger partial charge in [0, 0.05) is 13.6 Å². The normalized spacial score (nSPS) is 19.5. The Hall–Kier alpha value is -0.320. The second-order valence-corrected chi connectivity index (χ2v) is 5.22. The molecule has 17 heavy (non-hydrogen) atoms. The van der Waals surface area contributed by atoms with Crippen molar-refractivity contribution in [3.05, 3.63) is 22.8 Å². The number of pyridine rings is 1. The van der Waals surface area contributed by atoms with Crippen LogP contribution in [0.2, 0.25) is 0 Å². The van der Waals surface area contributed by atoms with Crippen molar-refractivity contribution in [3.8, 4) is 0 Å². The molecule has 1 aliphatic heterocycles. The van der Waals surface area contributed by atoms with Crippen LogP contribution in [0.5, 0.6) is 0 Å². The molecule has 0 aliphatic carbocycles. The Kier molecular flexibility index (Phi) is 6.23. The van der Waals surface area contributed by atoms with E-state index in [1.165, 1.54) is 19.4 Å². The summed E-state index contributed by atoms with van der Waals surface area (Å²) < 4.78 is 0.901. The van der Waals surface area contributed by atoms with Gasteiger partial charge >= 0.3 is 0 Å². The fourth-order valence-electron chi connectivity index (χ4n) is 2.17. The maximum Gasteiger partial charge on any atom is 0.129 e. The summed E-state index contributed by atoms with van der Waals surface area (Å²) in [5.41, 5.74) is 0. The number of halogens is 2. The van der Waals surface area contributed by atoms with Crippen molar-refractivity contribution in [1.82, 2.24) is 10.3 Å². The van der Waals surface area contributed by atoms with Gasteiger partial charge in [0.1, 0.15) is 10.4 Å². The molecule has 1 fully saturated rings. The van der Waals surface area contributed by atoms with Gasteiger partial charge in [-0.3, -0.25) is 0 Å². The average molecular weight is 321 g/mol. The molecular weight excluding hydrogens is 302 g/mol. The van der Waals surface area contributed by atoms with E-state index in [1.54, 1.807) is 0 Å². The van der Waals surface area contributed by atoms with Crippen LogP contribution in [0.1, 0.15) is 12.8 Å². The maximum absolute atomic E-state index is 4.46. The molecule has 1 aromatic rings. The number of hydrogen-bond acceptors (Lipinski definition) is 3. The minimum Gasteiger partial charge on any atom is -0.359 e. The third-order valence-corrected chi connectivity index (χ3v) is 3.46.